The van der Waals surface area contributed by atoms with Crippen LogP contribution in [0.1, 0.15) is 39.7 Å². The molecule has 1 N–H and O–H groups in total. The summed E-state index contributed by atoms with van der Waals surface area (Å²) in [5.74, 6) is 0.924. The summed E-state index contributed by atoms with van der Waals surface area (Å²) in [6.07, 6.45) is 4.05. The summed E-state index contributed by atoms with van der Waals surface area (Å²) >= 11 is 6.23. The number of benzene rings is 1. The molecule has 0 saturated heterocycles. The van der Waals surface area contributed by atoms with Gasteiger partial charge in [0.25, 0.3) is 0 Å². The molecule has 22 heavy (non-hydrogen) atoms. The van der Waals surface area contributed by atoms with Crippen LogP contribution in [-0.4, -0.2) is 25.2 Å². The van der Waals surface area contributed by atoms with Crippen molar-refractivity contribution >= 4 is 23.6 Å². The van der Waals surface area contributed by atoms with Crippen LogP contribution in [0.2, 0.25) is 5.02 Å². The maximum absolute atomic E-state index is 11.8. The number of hydrogen-bond donors (Lipinski definition) is 1. The minimum Gasteiger partial charge on any atom is -0.493 e. The maximum atomic E-state index is 11.8. The third-order valence-corrected chi connectivity index (χ3v) is 2.91. The molecule has 0 fully saturated rings. The molecule has 0 unspecified atom stereocenters. The van der Waals surface area contributed by atoms with Gasteiger partial charge in [0.2, 0.25) is 5.91 Å². The van der Waals surface area contributed by atoms with Crippen molar-refractivity contribution in [3.8, 4) is 11.5 Å². The van der Waals surface area contributed by atoms with E-state index in [9.17, 15) is 4.79 Å². The van der Waals surface area contributed by atoms with Crippen molar-refractivity contribution < 1.29 is 14.3 Å². The smallest absolute Gasteiger partial charge is 0.244 e. The van der Waals surface area contributed by atoms with Gasteiger partial charge in [-0.2, -0.15) is 0 Å². The van der Waals surface area contributed by atoms with E-state index in [0.29, 0.717) is 23.1 Å². The number of methoxy groups -OCH3 is 1. The lowest BCUT2D eigenvalue weighted by atomic mass is 10.1. The van der Waals surface area contributed by atoms with Crippen LogP contribution in [0.4, 0.5) is 0 Å². The summed E-state index contributed by atoms with van der Waals surface area (Å²) in [6, 6.07) is 3.54. The van der Waals surface area contributed by atoms with E-state index in [0.717, 1.165) is 12.0 Å². The number of carbonyl (C=O) groups excluding carboxylic acids is 1. The number of ether oxygens (including phenoxy) is 2. The molecule has 0 aliphatic heterocycles. The Labute approximate surface area is 137 Å². The first-order chi connectivity index (χ1) is 10.3. The quantitative estimate of drug-likeness (QED) is 0.802. The van der Waals surface area contributed by atoms with Gasteiger partial charge in [-0.25, -0.2) is 0 Å². The van der Waals surface area contributed by atoms with Crippen molar-refractivity contribution in [1.29, 1.82) is 0 Å². The molecule has 0 saturated carbocycles. The maximum Gasteiger partial charge on any atom is 0.244 e. The lowest BCUT2D eigenvalue weighted by Crippen LogP contribution is -2.39. The first-order valence-corrected chi connectivity index (χ1v) is 7.65. The van der Waals surface area contributed by atoms with E-state index in [2.05, 4.69) is 5.32 Å². The SMILES string of the molecule is CCCOc1c(Cl)cc(/C=C/C(=O)NC(C)(C)C)cc1OC. The minimum atomic E-state index is -0.269. The second-order valence-electron chi connectivity index (χ2n) is 5.96. The molecule has 0 bridgehead atoms. The zero-order chi connectivity index (χ0) is 16.8. The topological polar surface area (TPSA) is 47.6 Å². The molecule has 0 aliphatic carbocycles. The number of amides is 1. The number of hydrogen-bond acceptors (Lipinski definition) is 3. The lowest BCUT2D eigenvalue weighted by Gasteiger charge is -2.19. The summed E-state index contributed by atoms with van der Waals surface area (Å²) in [7, 11) is 1.56. The van der Waals surface area contributed by atoms with Crippen LogP contribution in [0.25, 0.3) is 6.08 Å². The molecule has 122 valence electrons. The van der Waals surface area contributed by atoms with Crippen LogP contribution in [0.3, 0.4) is 0 Å². The number of halogens is 1. The third kappa shape index (κ3) is 5.98. The molecular weight excluding hydrogens is 302 g/mol. The summed E-state index contributed by atoms with van der Waals surface area (Å²) in [5, 5.41) is 3.32. The Balaban J connectivity index is 2.93. The van der Waals surface area contributed by atoms with Crippen LogP contribution in [-0.2, 0) is 4.79 Å². The van der Waals surface area contributed by atoms with Crippen molar-refractivity contribution in [1.82, 2.24) is 5.32 Å². The van der Waals surface area contributed by atoms with Gasteiger partial charge in [-0.15, -0.1) is 0 Å². The first kappa shape index (κ1) is 18.4. The normalized spacial score (nSPS) is 11.5. The molecule has 0 aliphatic rings. The summed E-state index contributed by atoms with van der Waals surface area (Å²) in [5.41, 5.74) is 0.504. The molecule has 1 aromatic carbocycles. The van der Waals surface area contributed by atoms with Gasteiger partial charge in [0, 0.05) is 11.6 Å². The highest BCUT2D eigenvalue weighted by atomic mass is 35.5. The van der Waals surface area contributed by atoms with Crippen LogP contribution < -0.4 is 14.8 Å². The molecule has 5 heteroatoms. The molecule has 0 atom stereocenters. The molecule has 1 amide bonds. The van der Waals surface area contributed by atoms with E-state index < -0.39 is 0 Å². The van der Waals surface area contributed by atoms with Crippen molar-refractivity contribution in [2.75, 3.05) is 13.7 Å². The first-order valence-electron chi connectivity index (χ1n) is 7.27. The van der Waals surface area contributed by atoms with Crippen molar-refractivity contribution in [3.63, 3.8) is 0 Å². The molecule has 0 spiro atoms. The highest BCUT2D eigenvalue weighted by Crippen LogP contribution is 2.36. The molecule has 1 aromatic rings. The predicted octanol–water partition coefficient (Wildman–Crippen LogP) is 4.07. The molecule has 0 radical (unpaired) electrons. The standard InChI is InChI=1S/C17H24ClNO3/c1-6-9-22-16-13(18)10-12(11-14(16)21-5)7-8-15(20)19-17(2,3)4/h7-8,10-11H,6,9H2,1-5H3,(H,19,20)/b8-7+. The zero-order valence-electron chi connectivity index (χ0n) is 13.8. The van der Waals surface area contributed by atoms with Gasteiger partial charge >= 0.3 is 0 Å². The molecule has 0 aromatic heterocycles. The third-order valence-electron chi connectivity index (χ3n) is 2.63. The van der Waals surface area contributed by atoms with Crippen molar-refractivity contribution in [3.05, 3.63) is 28.8 Å². The van der Waals surface area contributed by atoms with E-state index >= 15 is 0 Å². The second kappa shape index (κ2) is 8.08. The Bertz CT molecular complexity index is 548. The molecule has 1 rings (SSSR count). The fourth-order valence-corrected chi connectivity index (χ4v) is 2.04. The zero-order valence-corrected chi connectivity index (χ0v) is 14.6. The van der Waals surface area contributed by atoms with E-state index in [4.69, 9.17) is 21.1 Å². The van der Waals surface area contributed by atoms with Crippen molar-refractivity contribution in [2.45, 2.75) is 39.7 Å². The Morgan fingerprint density at radius 3 is 2.59 bits per heavy atom. The Kier molecular flexibility index (Phi) is 6.75. The molecular formula is C17H24ClNO3. The van der Waals surface area contributed by atoms with E-state index in [1.54, 1.807) is 25.3 Å². The van der Waals surface area contributed by atoms with Gasteiger partial charge in [-0.1, -0.05) is 18.5 Å². The number of carbonyl (C=O) groups is 1. The van der Waals surface area contributed by atoms with Gasteiger partial charge in [-0.05, 0) is 51.0 Å². The van der Waals surface area contributed by atoms with Gasteiger partial charge in [0.1, 0.15) is 0 Å². The molecule has 0 heterocycles. The average molecular weight is 326 g/mol. The fraction of sp³-hybridized carbons (Fsp3) is 0.471. The highest BCUT2D eigenvalue weighted by molar-refractivity contribution is 6.32. The summed E-state index contributed by atoms with van der Waals surface area (Å²) in [4.78, 5) is 11.8. The fourth-order valence-electron chi connectivity index (χ4n) is 1.76. The van der Waals surface area contributed by atoms with Crippen LogP contribution >= 0.6 is 11.6 Å². The van der Waals surface area contributed by atoms with E-state index in [1.807, 2.05) is 27.7 Å². The van der Waals surface area contributed by atoms with Crippen molar-refractivity contribution in [2.24, 2.45) is 0 Å². The van der Waals surface area contributed by atoms with Crippen LogP contribution in [0.15, 0.2) is 18.2 Å². The molecule has 4 nitrogen and oxygen atoms in total. The minimum absolute atomic E-state index is 0.158. The number of rotatable bonds is 6. The lowest BCUT2D eigenvalue weighted by molar-refractivity contribution is -0.117. The monoisotopic (exact) mass is 325 g/mol. The Morgan fingerprint density at radius 2 is 2.05 bits per heavy atom. The summed E-state index contributed by atoms with van der Waals surface area (Å²) in [6.45, 7) is 8.38. The largest absolute Gasteiger partial charge is 0.493 e. The van der Waals surface area contributed by atoms with Crippen LogP contribution in [0, 0.1) is 0 Å². The average Bonchev–Trinajstić information content (AvgIpc) is 2.41. The van der Waals surface area contributed by atoms with E-state index in [-0.39, 0.29) is 11.4 Å². The van der Waals surface area contributed by atoms with Gasteiger partial charge in [0.05, 0.1) is 18.7 Å². The highest BCUT2D eigenvalue weighted by Gasteiger charge is 2.13. The van der Waals surface area contributed by atoms with E-state index in [1.165, 1.54) is 6.08 Å². The Hall–Kier alpha value is -1.68. The second-order valence-corrected chi connectivity index (χ2v) is 6.36. The number of nitrogens with one attached hydrogen (secondary N) is 1. The summed E-state index contributed by atoms with van der Waals surface area (Å²) < 4.78 is 10.9. The van der Waals surface area contributed by atoms with Gasteiger partial charge in [0.15, 0.2) is 11.5 Å². The predicted molar refractivity (Wildman–Crippen MR) is 90.7 cm³/mol. The van der Waals surface area contributed by atoms with Gasteiger partial charge < -0.3 is 14.8 Å². The van der Waals surface area contributed by atoms with Gasteiger partial charge in [-0.3, -0.25) is 4.79 Å². The van der Waals surface area contributed by atoms with Crippen LogP contribution in [0.5, 0.6) is 11.5 Å². The Morgan fingerprint density at radius 1 is 1.36 bits per heavy atom.